The van der Waals surface area contributed by atoms with Crippen molar-refractivity contribution in [2.75, 3.05) is 25.5 Å². The van der Waals surface area contributed by atoms with Gasteiger partial charge in [-0.25, -0.2) is 0 Å². The Bertz CT molecular complexity index is 410. The van der Waals surface area contributed by atoms with E-state index in [-0.39, 0.29) is 5.54 Å². The van der Waals surface area contributed by atoms with Crippen LogP contribution in [-0.4, -0.2) is 36.6 Å². The lowest BCUT2D eigenvalue weighted by Gasteiger charge is -2.45. The van der Waals surface area contributed by atoms with Crippen molar-refractivity contribution in [2.24, 2.45) is 5.73 Å². The van der Waals surface area contributed by atoms with Gasteiger partial charge < -0.3 is 16.0 Å². The number of likely N-dealkylation sites (tertiary alicyclic amines) is 1. The Kier molecular flexibility index (Phi) is 4.15. The summed E-state index contributed by atoms with van der Waals surface area (Å²) in [6, 6.07) is 8.41. The van der Waals surface area contributed by atoms with Crippen molar-refractivity contribution in [3.8, 4) is 0 Å². The molecule has 0 radical (unpaired) electrons. The maximum atomic E-state index is 6.02. The summed E-state index contributed by atoms with van der Waals surface area (Å²) in [4.78, 5) is 2.38. The van der Waals surface area contributed by atoms with Crippen molar-refractivity contribution in [2.45, 2.75) is 31.3 Å². The van der Waals surface area contributed by atoms with Gasteiger partial charge in [-0.05, 0) is 45.0 Å². The molecule has 1 fully saturated rings. The van der Waals surface area contributed by atoms with Crippen molar-refractivity contribution in [3.63, 3.8) is 0 Å². The number of piperidine rings is 1. The molecule has 3 nitrogen and oxygen atoms in total. The van der Waals surface area contributed by atoms with Crippen molar-refractivity contribution in [3.05, 3.63) is 29.3 Å². The van der Waals surface area contributed by atoms with Gasteiger partial charge in [0.2, 0.25) is 0 Å². The van der Waals surface area contributed by atoms with Gasteiger partial charge in [0.15, 0.2) is 0 Å². The second kappa shape index (κ2) is 5.47. The number of halogens is 1. The van der Waals surface area contributed by atoms with E-state index in [2.05, 4.69) is 24.2 Å². The van der Waals surface area contributed by atoms with Crippen molar-refractivity contribution in [1.82, 2.24) is 4.90 Å². The van der Waals surface area contributed by atoms with E-state index in [9.17, 15) is 0 Å². The van der Waals surface area contributed by atoms with E-state index in [0.717, 1.165) is 30.1 Å². The number of nitrogens with zero attached hydrogens (tertiary/aromatic N) is 1. The van der Waals surface area contributed by atoms with E-state index >= 15 is 0 Å². The number of rotatable bonds is 3. The molecule has 0 aliphatic carbocycles. The molecular weight excluding hydrogens is 246 g/mol. The monoisotopic (exact) mass is 267 g/mol. The molecular formula is C14H22ClN3. The standard InChI is InChI=1S/C14H22ClN3/c1-11-9-14(10-16,6-7-18(11)2)17-13-5-3-4-12(15)8-13/h3-5,8,11,17H,6-7,9-10,16H2,1-2H3. The normalized spacial score (nSPS) is 29.2. The highest BCUT2D eigenvalue weighted by molar-refractivity contribution is 6.30. The van der Waals surface area contributed by atoms with Crippen LogP contribution < -0.4 is 11.1 Å². The van der Waals surface area contributed by atoms with E-state index < -0.39 is 0 Å². The minimum absolute atomic E-state index is 0.00336. The van der Waals surface area contributed by atoms with E-state index in [0.29, 0.717) is 12.6 Å². The van der Waals surface area contributed by atoms with Crippen LogP contribution in [0.4, 0.5) is 5.69 Å². The Morgan fingerprint density at radius 1 is 1.56 bits per heavy atom. The van der Waals surface area contributed by atoms with Crippen LogP contribution in [0.5, 0.6) is 0 Å². The van der Waals surface area contributed by atoms with Gasteiger partial charge in [-0.15, -0.1) is 0 Å². The zero-order valence-electron chi connectivity index (χ0n) is 11.1. The molecule has 18 heavy (non-hydrogen) atoms. The van der Waals surface area contributed by atoms with E-state index in [1.165, 1.54) is 0 Å². The molecule has 1 saturated heterocycles. The Hall–Kier alpha value is -0.770. The highest BCUT2D eigenvalue weighted by Gasteiger charge is 2.35. The smallest absolute Gasteiger partial charge is 0.0522 e. The van der Waals surface area contributed by atoms with Crippen molar-refractivity contribution >= 4 is 17.3 Å². The third-order valence-electron chi connectivity index (χ3n) is 4.01. The van der Waals surface area contributed by atoms with Crippen LogP contribution >= 0.6 is 11.6 Å². The molecule has 1 aromatic carbocycles. The lowest BCUT2D eigenvalue weighted by molar-refractivity contribution is 0.147. The molecule has 0 spiro atoms. The zero-order chi connectivity index (χ0) is 13.2. The molecule has 3 N–H and O–H groups in total. The molecule has 1 aromatic rings. The molecule has 4 heteroatoms. The molecule has 2 unspecified atom stereocenters. The molecule has 100 valence electrons. The highest BCUT2D eigenvalue weighted by Crippen LogP contribution is 2.29. The first kappa shape index (κ1) is 13.7. The second-order valence-corrected chi connectivity index (χ2v) is 5.84. The van der Waals surface area contributed by atoms with Gasteiger partial charge in [0.1, 0.15) is 0 Å². The van der Waals surface area contributed by atoms with Crippen LogP contribution in [0.25, 0.3) is 0 Å². The molecule has 0 aromatic heterocycles. The van der Waals surface area contributed by atoms with Crippen LogP contribution in [0.1, 0.15) is 19.8 Å². The van der Waals surface area contributed by atoms with E-state index in [4.69, 9.17) is 17.3 Å². The molecule has 1 aliphatic heterocycles. The summed E-state index contributed by atoms with van der Waals surface area (Å²) in [6.45, 7) is 3.98. The van der Waals surface area contributed by atoms with Gasteiger partial charge in [-0.3, -0.25) is 0 Å². The largest absolute Gasteiger partial charge is 0.378 e. The summed E-state index contributed by atoms with van der Waals surface area (Å²) in [5, 5.41) is 4.36. The first-order valence-corrected chi connectivity index (χ1v) is 6.86. The molecule has 0 saturated carbocycles. The van der Waals surface area contributed by atoms with E-state index in [1.54, 1.807) is 0 Å². The third-order valence-corrected chi connectivity index (χ3v) is 4.24. The number of anilines is 1. The SMILES string of the molecule is CC1CC(CN)(Nc2cccc(Cl)c2)CCN1C. The minimum atomic E-state index is -0.00336. The maximum absolute atomic E-state index is 6.02. The second-order valence-electron chi connectivity index (χ2n) is 5.40. The van der Waals surface area contributed by atoms with Crippen molar-refractivity contribution < 1.29 is 0 Å². The lowest BCUT2D eigenvalue weighted by atomic mass is 9.83. The number of benzene rings is 1. The topological polar surface area (TPSA) is 41.3 Å². The summed E-state index contributed by atoms with van der Waals surface area (Å²) in [7, 11) is 2.17. The fourth-order valence-corrected chi connectivity index (χ4v) is 2.85. The van der Waals surface area contributed by atoms with Gasteiger partial charge in [0.05, 0.1) is 5.54 Å². The Morgan fingerprint density at radius 2 is 2.33 bits per heavy atom. The van der Waals surface area contributed by atoms with Crippen molar-refractivity contribution in [1.29, 1.82) is 0 Å². The number of hydrogen-bond donors (Lipinski definition) is 2. The highest BCUT2D eigenvalue weighted by atomic mass is 35.5. The van der Waals surface area contributed by atoms with Crippen LogP contribution in [0.15, 0.2) is 24.3 Å². The summed E-state index contributed by atoms with van der Waals surface area (Å²) in [5.74, 6) is 0. The van der Waals surface area contributed by atoms with Gasteiger partial charge in [-0.1, -0.05) is 17.7 Å². The zero-order valence-corrected chi connectivity index (χ0v) is 11.9. The molecule has 2 atom stereocenters. The Morgan fingerprint density at radius 3 is 2.94 bits per heavy atom. The lowest BCUT2D eigenvalue weighted by Crippen LogP contribution is -2.55. The van der Waals surface area contributed by atoms with Crippen LogP contribution in [-0.2, 0) is 0 Å². The van der Waals surface area contributed by atoms with Gasteiger partial charge in [0.25, 0.3) is 0 Å². The Labute approximate surface area is 114 Å². The van der Waals surface area contributed by atoms with E-state index in [1.807, 2.05) is 24.3 Å². The summed E-state index contributed by atoms with van der Waals surface area (Å²) in [5.41, 5.74) is 7.07. The van der Waals surface area contributed by atoms with Crippen LogP contribution in [0, 0.1) is 0 Å². The summed E-state index contributed by atoms with van der Waals surface area (Å²) in [6.07, 6.45) is 2.13. The van der Waals surface area contributed by atoms with Gasteiger partial charge in [-0.2, -0.15) is 0 Å². The summed E-state index contributed by atoms with van der Waals surface area (Å²) >= 11 is 6.02. The third kappa shape index (κ3) is 2.97. The molecule has 1 aliphatic rings. The number of nitrogens with one attached hydrogen (secondary N) is 1. The van der Waals surface area contributed by atoms with Gasteiger partial charge >= 0.3 is 0 Å². The minimum Gasteiger partial charge on any atom is -0.378 e. The average Bonchev–Trinajstić information content (AvgIpc) is 2.34. The maximum Gasteiger partial charge on any atom is 0.0522 e. The van der Waals surface area contributed by atoms with Gasteiger partial charge in [0, 0.05) is 29.8 Å². The number of hydrogen-bond acceptors (Lipinski definition) is 3. The Balaban J connectivity index is 2.13. The molecule has 0 bridgehead atoms. The molecule has 2 rings (SSSR count). The first-order chi connectivity index (χ1) is 8.54. The average molecular weight is 268 g/mol. The predicted octanol–water partition coefficient (Wildman–Crippen LogP) is 2.56. The fraction of sp³-hybridized carbons (Fsp3) is 0.571. The number of nitrogens with two attached hydrogens (primary N) is 1. The summed E-state index contributed by atoms with van der Waals surface area (Å²) < 4.78 is 0. The van der Waals surface area contributed by atoms with Crippen LogP contribution in [0.2, 0.25) is 5.02 Å². The van der Waals surface area contributed by atoms with Crippen LogP contribution in [0.3, 0.4) is 0 Å². The quantitative estimate of drug-likeness (QED) is 0.884. The molecule has 0 amide bonds. The molecule has 1 heterocycles. The first-order valence-electron chi connectivity index (χ1n) is 6.49. The fourth-order valence-electron chi connectivity index (χ4n) is 2.66. The predicted molar refractivity (Wildman–Crippen MR) is 78.2 cm³/mol.